The van der Waals surface area contributed by atoms with Crippen LogP contribution in [0.1, 0.15) is 24.4 Å². The van der Waals surface area contributed by atoms with Gasteiger partial charge >= 0.3 is 0 Å². The largest absolute Gasteiger partial charge is 0.313 e. The maximum Gasteiger partial charge on any atom is 0.0329 e. The summed E-state index contributed by atoms with van der Waals surface area (Å²) in [6, 6.07) is 9.84. The lowest BCUT2D eigenvalue weighted by Crippen LogP contribution is -2.32. The van der Waals surface area contributed by atoms with Crippen molar-refractivity contribution in [3.8, 4) is 0 Å². The maximum atomic E-state index is 3.50. The van der Waals surface area contributed by atoms with Crippen molar-refractivity contribution in [3.63, 3.8) is 0 Å². The summed E-state index contributed by atoms with van der Waals surface area (Å²) in [5.41, 5.74) is 1.37. The molecule has 20 heavy (non-hydrogen) atoms. The third-order valence-electron chi connectivity index (χ3n) is 4.33. The Hall–Kier alpha value is -0.420. The van der Waals surface area contributed by atoms with Gasteiger partial charge in [-0.05, 0) is 58.2 Å². The number of nitrogens with zero attached hydrogens (tertiary/aromatic N) is 2. The summed E-state index contributed by atoms with van der Waals surface area (Å²) in [4.78, 5) is 4.94. The lowest BCUT2D eigenvalue weighted by Gasteiger charge is -2.23. The lowest BCUT2D eigenvalue weighted by atomic mass is 10.0. The molecule has 3 nitrogen and oxygen atoms in total. The zero-order chi connectivity index (χ0) is 14.5. The summed E-state index contributed by atoms with van der Waals surface area (Å²) in [7, 11) is 6.43. The molecule has 1 aromatic carbocycles. The zero-order valence-electron chi connectivity index (χ0n) is 12.8. The van der Waals surface area contributed by atoms with E-state index in [0.29, 0.717) is 6.04 Å². The monoisotopic (exact) mass is 339 g/mol. The van der Waals surface area contributed by atoms with Gasteiger partial charge < -0.3 is 15.1 Å². The van der Waals surface area contributed by atoms with Gasteiger partial charge in [-0.2, -0.15) is 0 Å². The van der Waals surface area contributed by atoms with Gasteiger partial charge in [-0.3, -0.25) is 0 Å². The maximum absolute atomic E-state index is 3.50. The minimum absolute atomic E-state index is 0.446. The average molecular weight is 340 g/mol. The summed E-state index contributed by atoms with van der Waals surface area (Å²) in [6.45, 7) is 3.62. The summed E-state index contributed by atoms with van der Waals surface area (Å²) < 4.78 is 1.14. The van der Waals surface area contributed by atoms with Crippen LogP contribution >= 0.6 is 15.9 Å². The highest BCUT2D eigenvalue weighted by atomic mass is 79.9. The quantitative estimate of drug-likeness (QED) is 0.859. The van der Waals surface area contributed by atoms with Gasteiger partial charge in [0.25, 0.3) is 0 Å². The van der Waals surface area contributed by atoms with Crippen molar-refractivity contribution in [1.29, 1.82) is 0 Å². The van der Waals surface area contributed by atoms with Crippen LogP contribution in [0, 0.1) is 0 Å². The minimum atomic E-state index is 0.446. The van der Waals surface area contributed by atoms with E-state index >= 15 is 0 Å². The van der Waals surface area contributed by atoms with E-state index in [4.69, 9.17) is 0 Å². The number of likely N-dealkylation sites (N-methyl/N-ethyl adjacent to an activating group) is 1. The molecule has 0 bridgehead atoms. The van der Waals surface area contributed by atoms with Crippen molar-refractivity contribution >= 4 is 15.9 Å². The third kappa shape index (κ3) is 4.29. The number of likely N-dealkylation sites (tertiary alicyclic amines) is 1. The number of hydrogen-bond acceptors (Lipinski definition) is 3. The predicted octanol–water partition coefficient (Wildman–Crippen LogP) is 2.74. The Balaban J connectivity index is 1.84. The van der Waals surface area contributed by atoms with Crippen LogP contribution in [-0.4, -0.2) is 56.6 Å². The summed E-state index contributed by atoms with van der Waals surface area (Å²) >= 11 is 3.50. The second kappa shape index (κ2) is 7.55. The van der Waals surface area contributed by atoms with Gasteiger partial charge in [0.1, 0.15) is 0 Å². The fourth-order valence-corrected chi connectivity index (χ4v) is 3.19. The molecule has 1 fully saturated rings. The van der Waals surface area contributed by atoms with E-state index in [9.17, 15) is 0 Å². The zero-order valence-corrected chi connectivity index (χ0v) is 14.4. The van der Waals surface area contributed by atoms with Crippen molar-refractivity contribution in [3.05, 3.63) is 34.3 Å². The fourth-order valence-electron chi connectivity index (χ4n) is 2.92. The van der Waals surface area contributed by atoms with E-state index < -0.39 is 0 Å². The normalized spacial score (nSPS) is 21.6. The van der Waals surface area contributed by atoms with Crippen molar-refractivity contribution < 1.29 is 0 Å². The molecule has 0 aliphatic carbocycles. The van der Waals surface area contributed by atoms with Crippen LogP contribution in [0.3, 0.4) is 0 Å². The molecular formula is C16H26BrN3. The van der Waals surface area contributed by atoms with E-state index in [2.05, 4.69) is 76.5 Å². The Bertz CT molecular complexity index is 405. The predicted molar refractivity (Wildman–Crippen MR) is 89.1 cm³/mol. The molecule has 2 atom stereocenters. The van der Waals surface area contributed by atoms with Gasteiger partial charge in [0, 0.05) is 29.6 Å². The fraction of sp³-hybridized carbons (Fsp3) is 0.625. The molecule has 4 heteroatoms. The molecule has 1 aromatic rings. The van der Waals surface area contributed by atoms with Crippen LogP contribution in [0.4, 0.5) is 0 Å². The molecule has 1 N–H and O–H groups in total. The van der Waals surface area contributed by atoms with Gasteiger partial charge in [-0.25, -0.2) is 0 Å². The smallest absolute Gasteiger partial charge is 0.0329 e. The standard InChI is InChI=1S/C16H26BrN3/c1-18-16(13-4-6-14(17)7-5-13)9-11-20-10-8-15(12-20)19(2)3/h4-7,15-16,18H,8-12H2,1-3H3. The topological polar surface area (TPSA) is 18.5 Å². The van der Waals surface area contributed by atoms with Gasteiger partial charge in [0.15, 0.2) is 0 Å². The van der Waals surface area contributed by atoms with Crippen molar-refractivity contribution in [2.24, 2.45) is 0 Å². The highest BCUT2D eigenvalue weighted by Gasteiger charge is 2.24. The first-order valence-electron chi connectivity index (χ1n) is 7.41. The van der Waals surface area contributed by atoms with Crippen LogP contribution in [0.15, 0.2) is 28.7 Å². The summed E-state index contributed by atoms with van der Waals surface area (Å²) in [6.07, 6.45) is 2.47. The Morgan fingerprint density at radius 1 is 1.35 bits per heavy atom. The molecule has 112 valence electrons. The Morgan fingerprint density at radius 2 is 2.05 bits per heavy atom. The second-order valence-electron chi connectivity index (χ2n) is 5.89. The van der Waals surface area contributed by atoms with Gasteiger partial charge in [-0.15, -0.1) is 0 Å². The van der Waals surface area contributed by atoms with Crippen molar-refractivity contribution in [1.82, 2.24) is 15.1 Å². The van der Waals surface area contributed by atoms with Crippen LogP contribution in [0.5, 0.6) is 0 Å². The Morgan fingerprint density at radius 3 is 2.60 bits per heavy atom. The number of nitrogens with one attached hydrogen (secondary N) is 1. The molecule has 2 rings (SSSR count). The van der Waals surface area contributed by atoms with Crippen LogP contribution in [0.2, 0.25) is 0 Å². The molecule has 0 aromatic heterocycles. The minimum Gasteiger partial charge on any atom is -0.313 e. The molecule has 2 unspecified atom stereocenters. The highest BCUT2D eigenvalue weighted by molar-refractivity contribution is 9.10. The van der Waals surface area contributed by atoms with Gasteiger partial charge in [0.05, 0.1) is 0 Å². The molecule has 0 saturated carbocycles. The number of hydrogen-bond donors (Lipinski definition) is 1. The summed E-state index contributed by atoms with van der Waals surface area (Å²) in [5, 5.41) is 3.44. The first-order valence-corrected chi connectivity index (χ1v) is 8.21. The number of rotatable bonds is 6. The molecular weight excluding hydrogens is 314 g/mol. The Labute approximate surface area is 131 Å². The van der Waals surface area contributed by atoms with Gasteiger partial charge in [0.2, 0.25) is 0 Å². The summed E-state index contributed by atoms with van der Waals surface area (Å²) in [5.74, 6) is 0. The molecule has 1 saturated heterocycles. The number of halogens is 1. The second-order valence-corrected chi connectivity index (χ2v) is 6.80. The third-order valence-corrected chi connectivity index (χ3v) is 4.86. The van der Waals surface area contributed by atoms with Crippen LogP contribution < -0.4 is 5.32 Å². The lowest BCUT2D eigenvalue weighted by molar-refractivity contribution is 0.261. The average Bonchev–Trinajstić information content (AvgIpc) is 2.90. The van der Waals surface area contributed by atoms with E-state index in [0.717, 1.165) is 16.9 Å². The van der Waals surface area contributed by atoms with Crippen LogP contribution in [0.25, 0.3) is 0 Å². The number of benzene rings is 1. The van der Waals surface area contributed by atoms with Gasteiger partial charge in [-0.1, -0.05) is 28.1 Å². The van der Waals surface area contributed by atoms with E-state index in [-0.39, 0.29) is 0 Å². The highest BCUT2D eigenvalue weighted by Crippen LogP contribution is 2.21. The molecule has 0 radical (unpaired) electrons. The Kier molecular flexibility index (Phi) is 6.02. The molecule has 0 amide bonds. The molecule has 1 heterocycles. The first kappa shape index (κ1) is 16.0. The SMILES string of the molecule is CNC(CCN1CCC(N(C)C)C1)c1ccc(Br)cc1. The van der Waals surface area contributed by atoms with E-state index in [1.54, 1.807) is 0 Å². The molecule has 1 aliphatic heterocycles. The van der Waals surface area contributed by atoms with E-state index in [1.807, 2.05) is 0 Å². The van der Waals surface area contributed by atoms with Crippen molar-refractivity contribution in [2.45, 2.75) is 24.9 Å². The van der Waals surface area contributed by atoms with Crippen LogP contribution in [-0.2, 0) is 0 Å². The van der Waals surface area contributed by atoms with E-state index in [1.165, 1.54) is 31.6 Å². The first-order chi connectivity index (χ1) is 9.60. The molecule has 1 aliphatic rings. The molecule has 0 spiro atoms. The van der Waals surface area contributed by atoms with Crippen molar-refractivity contribution in [2.75, 3.05) is 40.8 Å².